The number of hydrogen-bond acceptors (Lipinski definition) is 3. The zero-order valence-electron chi connectivity index (χ0n) is 13.0. The lowest BCUT2D eigenvalue weighted by atomic mass is 10.0. The second-order valence-corrected chi connectivity index (χ2v) is 6.32. The maximum atomic E-state index is 11.8. The summed E-state index contributed by atoms with van der Waals surface area (Å²) in [6, 6.07) is 14.4. The van der Waals surface area contributed by atoms with Crippen LogP contribution in [-0.4, -0.2) is 18.5 Å². The van der Waals surface area contributed by atoms with Gasteiger partial charge in [-0.3, -0.25) is 4.79 Å². The van der Waals surface area contributed by atoms with Crippen LogP contribution in [0.2, 0.25) is 0 Å². The Morgan fingerprint density at radius 1 is 1.04 bits per heavy atom. The standard InChI is InChI=1S/C18H18BrNO3/c1-12(2)13-5-9-16(10-6-13)20-17(21)11-23-18(22)14-3-7-15(19)8-4-14/h3-10,12H,11H2,1-2H3,(H,20,21). The fourth-order valence-electron chi connectivity index (χ4n) is 1.95. The molecule has 23 heavy (non-hydrogen) atoms. The Morgan fingerprint density at radius 3 is 2.22 bits per heavy atom. The van der Waals surface area contributed by atoms with E-state index in [0.29, 0.717) is 17.2 Å². The molecule has 2 aromatic rings. The average molecular weight is 376 g/mol. The number of nitrogens with one attached hydrogen (secondary N) is 1. The van der Waals surface area contributed by atoms with E-state index in [1.165, 1.54) is 5.56 Å². The van der Waals surface area contributed by atoms with Crippen LogP contribution < -0.4 is 5.32 Å². The fourth-order valence-corrected chi connectivity index (χ4v) is 2.21. The zero-order chi connectivity index (χ0) is 16.8. The molecule has 0 saturated carbocycles. The van der Waals surface area contributed by atoms with Gasteiger partial charge in [-0.1, -0.05) is 41.9 Å². The van der Waals surface area contributed by atoms with E-state index in [1.807, 2.05) is 24.3 Å². The van der Waals surface area contributed by atoms with Crippen molar-refractivity contribution in [1.29, 1.82) is 0 Å². The molecule has 4 nitrogen and oxygen atoms in total. The minimum Gasteiger partial charge on any atom is -0.452 e. The Hall–Kier alpha value is -2.14. The number of ether oxygens (including phenoxy) is 1. The van der Waals surface area contributed by atoms with Gasteiger partial charge in [0, 0.05) is 10.2 Å². The van der Waals surface area contributed by atoms with Gasteiger partial charge in [0.15, 0.2) is 6.61 Å². The molecule has 0 atom stereocenters. The van der Waals surface area contributed by atoms with Crippen molar-refractivity contribution in [3.05, 3.63) is 64.1 Å². The van der Waals surface area contributed by atoms with Crippen molar-refractivity contribution < 1.29 is 14.3 Å². The molecule has 120 valence electrons. The number of carbonyl (C=O) groups is 2. The van der Waals surface area contributed by atoms with E-state index in [2.05, 4.69) is 35.1 Å². The van der Waals surface area contributed by atoms with Crippen molar-refractivity contribution in [2.45, 2.75) is 19.8 Å². The first-order valence-electron chi connectivity index (χ1n) is 7.28. The van der Waals surface area contributed by atoms with Crippen LogP contribution in [0.25, 0.3) is 0 Å². The van der Waals surface area contributed by atoms with Gasteiger partial charge in [0.25, 0.3) is 5.91 Å². The second kappa shape index (κ2) is 7.92. The molecule has 2 rings (SSSR count). The largest absolute Gasteiger partial charge is 0.452 e. The van der Waals surface area contributed by atoms with Gasteiger partial charge in [0.2, 0.25) is 0 Å². The first-order valence-corrected chi connectivity index (χ1v) is 8.07. The summed E-state index contributed by atoms with van der Waals surface area (Å²) in [5.41, 5.74) is 2.28. The Balaban J connectivity index is 1.85. The second-order valence-electron chi connectivity index (χ2n) is 5.41. The average Bonchev–Trinajstić information content (AvgIpc) is 2.54. The highest BCUT2D eigenvalue weighted by atomic mass is 79.9. The molecule has 0 aliphatic heterocycles. The molecular formula is C18H18BrNO3. The van der Waals surface area contributed by atoms with Gasteiger partial charge in [-0.15, -0.1) is 0 Å². The van der Waals surface area contributed by atoms with Gasteiger partial charge in [-0.25, -0.2) is 4.79 Å². The molecule has 0 radical (unpaired) electrons. The molecule has 0 spiro atoms. The van der Waals surface area contributed by atoms with Crippen LogP contribution in [0.4, 0.5) is 5.69 Å². The smallest absolute Gasteiger partial charge is 0.338 e. The van der Waals surface area contributed by atoms with Crippen molar-refractivity contribution in [2.75, 3.05) is 11.9 Å². The number of carbonyl (C=O) groups excluding carboxylic acids is 2. The molecule has 0 bridgehead atoms. The van der Waals surface area contributed by atoms with E-state index < -0.39 is 5.97 Å². The van der Waals surface area contributed by atoms with E-state index in [9.17, 15) is 9.59 Å². The van der Waals surface area contributed by atoms with E-state index in [-0.39, 0.29) is 12.5 Å². The predicted octanol–water partition coefficient (Wildman–Crippen LogP) is 4.37. The summed E-state index contributed by atoms with van der Waals surface area (Å²) in [6.45, 7) is 3.89. The number of rotatable bonds is 5. The summed E-state index contributed by atoms with van der Waals surface area (Å²) >= 11 is 3.29. The van der Waals surface area contributed by atoms with Crippen molar-refractivity contribution >= 4 is 33.5 Å². The van der Waals surface area contributed by atoms with Crippen LogP contribution in [0.15, 0.2) is 53.0 Å². The summed E-state index contributed by atoms with van der Waals surface area (Å²) in [5.74, 6) is -0.456. The molecule has 0 saturated heterocycles. The van der Waals surface area contributed by atoms with Crippen LogP contribution in [0, 0.1) is 0 Å². The number of benzene rings is 2. The lowest BCUT2D eigenvalue weighted by Crippen LogP contribution is -2.20. The number of esters is 1. The number of amides is 1. The lowest BCUT2D eigenvalue weighted by molar-refractivity contribution is -0.119. The normalized spacial score (nSPS) is 10.4. The third kappa shape index (κ3) is 5.21. The molecule has 0 unspecified atom stereocenters. The zero-order valence-corrected chi connectivity index (χ0v) is 14.6. The summed E-state index contributed by atoms with van der Waals surface area (Å²) in [6.07, 6.45) is 0. The van der Waals surface area contributed by atoms with Gasteiger partial charge < -0.3 is 10.1 Å². The summed E-state index contributed by atoms with van der Waals surface area (Å²) in [4.78, 5) is 23.6. The number of halogens is 1. The van der Waals surface area contributed by atoms with Crippen molar-refractivity contribution in [1.82, 2.24) is 0 Å². The Bertz CT molecular complexity index is 678. The van der Waals surface area contributed by atoms with Crippen LogP contribution in [0.3, 0.4) is 0 Å². The topological polar surface area (TPSA) is 55.4 Å². The lowest BCUT2D eigenvalue weighted by Gasteiger charge is -2.09. The molecular weight excluding hydrogens is 358 g/mol. The van der Waals surface area contributed by atoms with Gasteiger partial charge in [-0.05, 0) is 47.9 Å². The molecule has 0 aromatic heterocycles. The maximum absolute atomic E-state index is 11.8. The van der Waals surface area contributed by atoms with Crippen LogP contribution in [0.1, 0.15) is 35.7 Å². The fraction of sp³-hybridized carbons (Fsp3) is 0.222. The summed E-state index contributed by atoms with van der Waals surface area (Å²) in [7, 11) is 0. The molecule has 1 amide bonds. The summed E-state index contributed by atoms with van der Waals surface area (Å²) in [5, 5.41) is 2.70. The third-order valence-electron chi connectivity index (χ3n) is 3.28. The maximum Gasteiger partial charge on any atom is 0.338 e. The molecule has 0 heterocycles. The van der Waals surface area contributed by atoms with Gasteiger partial charge in [0.05, 0.1) is 5.56 Å². The Kier molecular flexibility index (Phi) is 5.93. The van der Waals surface area contributed by atoms with E-state index in [0.717, 1.165) is 4.47 Å². The first kappa shape index (κ1) is 17.2. The SMILES string of the molecule is CC(C)c1ccc(NC(=O)COC(=O)c2ccc(Br)cc2)cc1. The van der Waals surface area contributed by atoms with Crippen LogP contribution in [0.5, 0.6) is 0 Å². The number of anilines is 1. The van der Waals surface area contributed by atoms with Crippen LogP contribution in [-0.2, 0) is 9.53 Å². The minimum atomic E-state index is -0.525. The number of hydrogen-bond donors (Lipinski definition) is 1. The van der Waals surface area contributed by atoms with E-state index >= 15 is 0 Å². The highest BCUT2D eigenvalue weighted by molar-refractivity contribution is 9.10. The van der Waals surface area contributed by atoms with Gasteiger partial charge in [0.1, 0.15) is 0 Å². The monoisotopic (exact) mass is 375 g/mol. The predicted molar refractivity (Wildman–Crippen MR) is 93.6 cm³/mol. The molecule has 1 N–H and O–H groups in total. The highest BCUT2D eigenvalue weighted by Crippen LogP contribution is 2.17. The van der Waals surface area contributed by atoms with Gasteiger partial charge in [-0.2, -0.15) is 0 Å². The first-order chi connectivity index (χ1) is 11.0. The molecule has 2 aromatic carbocycles. The minimum absolute atomic E-state index is 0.319. The molecule has 5 heteroatoms. The Morgan fingerprint density at radius 2 is 1.65 bits per heavy atom. The quantitative estimate of drug-likeness (QED) is 0.789. The van der Waals surface area contributed by atoms with Crippen molar-refractivity contribution in [3.8, 4) is 0 Å². The molecule has 0 aliphatic carbocycles. The summed E-state index contributed by atoms with van der Waals surface area (Å²) < 4.78 is 5.87. The van der Waals surface area contributed by atoms with Crippen LogP contribution >= 0.6 is 15.9 Å². The van der Waals surface area contributed by atoms with Gasteiger partial charge >= 0.3 is 5.97 Å². The van der Waals surface area contributed by atoms with E-state index in [4.69, 9.17) is 4.74 Å². The molecule has 0 aliphatic rings. The van der Waals surface area contributed by atoms with Crippen molar-refractivity contribution in [2.24, 2.45) is 0 Å². The van der Waals surface area contributed by atoms with Crippen molar-refractivity contribution in [3.63, 3.8) is 0 Å². The third-order valence-corrected chi connectivity index (χ3v) is 3.80. The Labute approximate surface area is 144 Å². The molecule has 0 fully saturated rings. The van der Waals surface area contributed by atoms with E-state index in [1.54, 1.807) is 24.3 Å². The highest BCUT2D eigenvalue weighted by Gasteiger charge is 2.10.